The summed E-state index contributed by atoms with van der Waals surface area (Å²) in [5, 5.41) is 0.544. The van der Waals surface area contributed by atoms with Crippen molar-refractivity contribution in [2.75, 3.05) is 53.6 Å². The molecule has 1 unspecified atom stereocenters. The van der Waals surface area contributed by atoms with Crippen LogP contribution in [0, 0.1) is 0 Å². The van der Waals surface area contributed by atoms with Crippen molar-refractivity contribution in [2.45, 2.75) is 19.3 Å². The summed E-state index contributed by atoms with van der Waals surface area (Å²) in [7, 11) is 3.31. The highest BCUT2D eigenvalue weighted by Gasteiger charge is 2.38. The fourth-order valence-corrected chi connectivity index (χ4v) is 4.49. The van der Waals surface area contributed by atoms with Gasteiger partial charge in [0, 0.05) is 55.4 Å². The molecule has 0 N–H and O–H groups in total. The number of carbonyl (C=O) groups is 2. The first-order chi connectivity index (χ1) is 15.0. The lowest BCUT2D eigenvalue weighted by atomic mass is 9.79. The van der Waals surface area contributed by atoms with Crippen molar-refractivity contribution in [3.8, 4) is 0 Å². The average molecular weight is 485 g/mol. The molecule has 1 aromatic carbocycles. The number of esters is 1. The van der Waals surface area contributed by atoms with E-state index < -0.39 is 11.9 Å². The number of methoxy groups -OCH3 is 1. The van der Waals surface area contributed by atoms with Crippen molar-refractivity contribution in [1.82, 2.24) is 9.80 Å². The second-order valence-electron chi connectivity index (χ2n) is 7.59. The van der Waals surface area contributed by atoms with Gasteiger partial charge in [-0.05, 0) is 24.1 Å². The molecule has 2 heterocycles. The van der Waals surface area contributed by atoms with Crippen LogP contribution in [0.5, 0.6) is 0 Å². The van der Waals surface area contributed by atoms with Gasteiger partial charge in [0.05, 0.1) is 25.9 Å². The van der Waals surface area contributed by atoms with E-state index in [0.717, 1.165) is 42.2 Å². The van der Waals surface area contributed by atoms with Crippen LogP contribution in [-0.2, 0) is 23.8 Å². The highest BCUT2D eigenvalue weighted by Crippen LogP contribution is 2.44. The molecule has 0 radical (unpaired) electrons. The molecule has 2 aliphatic rings. The maximum Gasteiger partial charge on any atom is 0.336 e. The minimum Gasteiger partial charge on any atom is -0.466 e. The zero-order valence-electron chi connectivity index (χ0n) is 18.6. The van der Waals surface area contributed by atoms with Gasteiger partial charge in [0.25, 0.3) is 6.47 Å². The first-order valence-electron chi connectivity index (χ1n) is 10.3. The number of nitrogens with zero attached hydrogens (tertiary/aromatic N) is 2. The Morgan fingerprint density at radius 2 is 1.97 bits per heavy atom. The fourth-order valence-electron chi connectivity index (χ4n) is 4.25. The topological polar surface area (TPSA) is 68.3 Å². The maximum absolute atomic E-state index is 13.1. The summed E-state index contributed by atoms with van der Waals surface area (Å²) in [6.07, 6.45) is 0.668. The van der Waals surface area contributed by atoms with Crippen molar-refractivity contribution in [1.29, 1.82) is 0 Å². The lowest BCUT2D eigenvalue weighted by Gasteiger charge is -2.38. The van der Waals surface area contributed by atoms with Crippen LogP contribution in [0.1, 0.15) is 24.8 Å². The molecule has 0 amide bonds. The van der Waals surface area contributed by atoms with Crippen LogP contribution in [0.25, 0.3) is 0 Å². The van der Waals surface area contributed by atoms with Gasteiger partial charge < -0.3 is 19.1 Å². The molecule has 9 heteroatoms. The monoisotopic (exact) mass is 484 g/mol. The average Bonchev–Trinajstić information content (AvgIpc) is 2.79. The van der Waals surface area contributed by atoms with Gasteiger partial charge in [-0.2, -0.15) is 0 Å². The van der Waals surface area contributed by atoms with E-state index in [4.69, 9.17) is 25.8 Å². The molecule has 176 valence electrons. The predicted molar refractivity (Wildman–Crippen MR) is 125 cm³/mol. The Morgan fingerprint density at radius 1 is 1.28 bits per heavy atom. The molecule has 1 atom stereocenters. The van der Waals surface area contributed by atoms with Crippen molar-refractivity contribution in [2.24, 2.45) is 0 Å². The van der Waals surface area contributed by atoms with Crippen molar-refractivity contribution < 1.29 is 23.8 Å². The molecule has 0 bridgehead atoms. The summed E-state index contributed by atoms with van der Waals surface area (Å²) in [5.41, 5.74) is 3.93. The quantitative estimate of drug-likeness (QED) is 0.413. The lowest BCUT2D eigenvalue weighted by molar-refractivity contribution is -0.136. The van der Waals surface area contributed by atoms with Crippen LogP contribution in [-0.4, -0.2) is 75.9 Å². The van der Waals surface area contributed by atoms with Gasteiger partial charge in [-0.15, -0.1) is 12.4 Å². The van der Waals surface area contributed by atoms with Gasteiger partial charge in [0.1, 0.15) is 6.61 Å². The second-order valence-corrected chi connectivity index (χ2v) is 7.99. The molecule has 1 aromatic rings. The Kier molecular flexibility index (Phi) is 10.0. The van der Waals surface area contributed by atoms with Crippen LogP contribution in [0.2, 0.25) is 5.02 Å². The number of ether oxygens (including phenoxy) is 3. The molecule has 1 fully saturated rings. The number of benzene rings is 1. The molecule has 0 spiro atoms. The van der Waals surface area contributed by atoms with E-state index >= 15 is 0 Å². The van der Waals surface area contributed by atoms with Crippen LogP contribution in [0.15, 0.2) is 46.8 Å². The van der Waals surface area contributed by atoms with Gasteiger partial charge in [-0.3, -0.25) is 9.69 Å². The minimum absolute atomic E-state index is 0. The number of rotatable bonds is 8. The summed E-state index contributed by atoms with van der Waals surface area (Å²) in [5.74, 6) is -0.873. The van der Waals surface area contributed by atoms with E-state index in [1.807, 2.05) is 37.1 Å². The van der Waals surface area contributed by atoms with E-state index in [2.05, 4.69) is 4.90 Å². The predicted octanol–water partition coefficient (Wildman–Crippen LogP) is 3.39. The zero-order valence-corrected chi connectivity index (χ0v) is 20.2. The third-order valence-corrected chi connectivity index (χ3v) is 6.36. The summed E-state index contributed by atoms with van der Waals surface area (Å²) >= 11 is 6.56. The van der Waals surface area contributed by atoms with Crippen LogP contribution in [0.4, 0.5) is 0 Å². The zero-order chi connectivity index (χ0) is 22.4. The molecule has 3 rings (SSSR count). The molecule has 0 aliphatic carbocycles. The second kappa shape index (κ2) is 12.3. The highest BCUT2D eigenvalue weighted by molar-refractivity contribution is 6.31. The van der Waals surface area contributed by atoms with Crippen molar-refractivity contribution >= 4 is 36.4 Å². The first kappa shape index (κ1) is 26.2. The van der Waals surface area contributed by atoms with Crippen molar-refractivity contribution in [3.63, 3.8) is 0 Å². The number of hydrogen-bond acceptors (Lipinski definition) is 7. The van der Waals surface area contributed by atoms with E-state index in [0.29, 0.717) is 36.7 Å². The molecular weight excluding hydrogens is 455 g/mol. The van der Waals surface area contributed by atoms with Gasteiger partial charge in [0.2, 0.25) is 0 Å². The summed E-state index contributed by atoms with van der Waals surface area (Å²) in [6.45, 7) is 6.41. The Hall–Kier alpha value is -2.06. The van der Waals surface area contributed by atoms with Crippen LogP contribution < -0.4 is 0 Å². The van der Waals surface area contributed by atoms with Crippen molar-refractivity contribution in [3.05, 3.63) is 57.4 Å². The first-order valence-corrected chi connectivity index (χ1v) is 10.7. The van der Waals surface area contributed by atoms with E-state index in [1.54, 1.807) is 6.07 Å². The van der Waals surface area contributed by atoms with E-state index in [-0.39, 0.29) is 19.0 Å². The number of halogens is 2. The molecule has 7 nitrogen and oxygen atoms in total. The molecular formula is C23H30Cl2N2O5. The Bertz CT molecular complexity index is 881. The molecule has 2 aliphatic heterocycles. The smallest absolute Gasteiger partial charge is 0.336 e. The molecule has 0 aromatic heterocycles. The summed E-state index contributed by atoms with van der Waals surface area (Å²) < 4.78 is 15.8. The molecule has 32 heavy (non-hydrogen) atoms. The summed E-state index contributed by atoms with van der Waals surface area (Å²) in [4.78, 5) is 28.4. The van der Waals surface area contributed by atoms with E-state index in [9.17, 15) is 9.59 Å². The number of hydrogen-bond donors (Lipinski definition) is 0. The molecule has 0 saturated carbocycles. The third-order valence-electron chi connectivity index (χ3n) is 6.02. The fraction of sp³-hybridized carbons (Fsp3) is 0.478. The van der Waals surface area contributed by atoms with Gasteiger partial charge in [0.15, 0.2) is 0 Å². The largest absolute Gasteiger partial charge is 0.466 e. The molecule has 1 saturated heterocycles. The van der Waals surface area contributed by atoms with E-state index in [1.165, 1.54) is 7.11 Å². The Morgan fingerprint density at radius 3 is 2.59 bits per heavy atom. The standard InChI is InChI=1S/C23H29ClN2O5.ClH/c1-16-18(14-31-15-27)21(17-6-4-5-7-19(17)24)22(23(28)29-3)20(25(16)2)8-9-26-10-12-30-13-11-26;/h4-7,15,21H,8-14H2,1-3H3;1H. The Balaban J connectivity index is 0.00000363. The normalized spacial score (nSPS) is 19.5. The number of carbonyl (C=O) groups excluding carboxylic acids is 2. The number of morpholine rings is 1. The Labute approximate surface area is 200 Å². The van der Waals surface area contributed by atoms with Gasteiger partial charge in [-0.1, -0.05) is 29.8 Å². The highest BCUT2D eigenvalue weighted by atomic mass is 35.5. The summed E-state index contributed by atoms with van der Waals surface area (Å²) in [6, 6.07) is 7.43. The third kappa shape index (κ3) is 5.64. The van der Waals surface area contributed by atoms with Crippen LogP contribution in [0.3, 0.4) is 0 Å². The minimum atomic E-state index is -0.461. The van der Waals surface area contributed by atoms with Gasteiger partial charge >= 0.3 is 5.97 Å². The number of allylic oxidation sites excluding steroid dienone is 1. The SMILES string of the molecule is COC(=O)C1=C(CCN2CCOCC2)N(C)C(C)=C(COC=O)C1c1ccccc1Cl.Cl. The van der Waals surface area contributed by atoms with Gasteiger partial charge in [-0.25, -0.2) is 4.79 Å². The lowest BCUT2D eigenvalue weighted by Crippen LogP contribution is -2.39. The maximum atomic E-state index is 13.1. The van der Waals surface area contributed by atoms with Crippen LogP contribution >= 0.6 is 24.0 Å².